The Kier molecular flexibility index (Phi) is 3.13. The summed E-state index contributed by atoms with van der Waals surface area (Å²) >= 11 is 0. The van der Waals surface area contributed by atoms with E-state index in [4.69, 9.17) is 0 Å². The van der Waals surface area contributed by atoms with Gasteiger partial charge in [0.15, 0.2) is 0 Å². The minimum absolute atomic E-state index is 0.207. The number of rotatable bonds is 2. The summed E-state index contributed by atoms with van der Waals surface area (Å²) in [5, 5.41) is 9.71. The molecule has 24 heavy (non-hydrogen) atoms. The van der Waals surface area contributed by atoms with Gasteiger partial charge in [-0.25, -0.2) is 5.43 Å². The van der Waals surface area contributed by atoms with Crippen molar-refractivity contribution in [3.63, 3.8) is 0 Å². The number of aryl methyl sites for hydroxylation is 3. The van der Waals surface area contributed by atoms with Gasteiger partial charge >= 0.3 is 0 Å². The number of hydrogen-bond donors (Lipinski definition) is 1. The number of carbonyl (C=O) groups excluding carboxylic acids is 1. The first-order valence-electron chi connectivity index (χ1n) is 7.70. The van der Waals surface area contributed by atoms with E-state index >= 15 is 0 Å². The molecule has 0 saturated heterocycles. The third-order valence-electron chi connectivity index (χ3n) is 4.35. The van der Waals surface area contributed by atoms with Crippen LogP contribution in [0.5, 0.6) is 0 Å². The van der Waals surface area contributed by atoms with Crippen LogP contribution in [0, 0.1) is 6.92 Å². The molecule has 0 spiro atoms. The normalized spacial score (nSPS) is 16.0. The predicted octanol–water partition coefficient (Wildman–Crippen LogP) is 2.14. The summed E-state index contributed by atoms with van der Waals surface area (Å²) in [4.78, 5) is 12.3. The Hall–Kier alpha value is -3.15. The summed E-state index contributed by atoms with van der Waals surface area (Å²) < 4.78 is 3.83. The number of carbonyl (C=O) groups is 1. The van der Waals surface area contributed by atoms with Gasteiger partial charge in [0.05, 0.1) is 5.57 Å². The number of para-hydroxylation sites is 1. The molecule has 0 unspecified atom stereocenters. The average Bonchev–Trinajstić information content (AvgIpc) is 3.19. The number of nitrogens with one attached hydrogen (secondary N) is 1. The molecular weight excluding hydrogens is 302 g/mol. The van der Waals surface area contributed by atoms with Crippen molar-refractivity contribution < 1.29 is 4.79 Å². The largest absolute Gasteiger partial charge is 0.350 e. The van der Waals surface area contributed by atoms with Crippen LogP contribution in [0.15, 0.2) is 47.2 Å². The highest BCUT2D eigenvalue weighted by Crippen LogP contribution is 2.25. The van der Waals surface area contributed by atoms with Crippen LogP contribution >= 0.6 is 0 Å². The second-order valence-corrected chi connectivity index (χ2v) is 5.97. The van der Waals surface area contributed by atoms with E-state index in [1.54, 1.807) is 4.68 Å². The van der Waals surface area contributed by atoms with Crippen LogP contribution in [0.25, 0.3) is 17.0 Å². The van der Waals surface area contributed by atoms with Gasteiger partial charge in [-0.3, -0.25) is 9.48 Å². The molecule has 0 radical (unpaired) electrons. The van der Waals surface area contributed by atoms with Gasteiger partial charge in [0.2, 0.25) is 0 Å². The zero-order chi connectivity index (χ0) is 16.8. The maximum atomic E-state index is 12.3. The van der Waals surface area contributed by atoms with Gasteiger partial charge in [-0.1, -0.05) is 18.2 Å². The highest BCUT2D eigenvalue weighted by atomic mass is 16.2. The molecule has 0 aliphatic carbocycles. The van der Waals surface area contributed by atoms with Crippen molar-refractivity contribution >= 4 is 28.6 Å². The van der Waals surface area contributed by atoms with Crippen molar-refractivity contribution in [2.45, 2.75) is 6.92 Å². The summed E-state index contributed by atoms with van der Waals surface area (Å²) in [5.74, 6) is -0.207. The lowest BCUT2D eigenvalue weighted by atomic mass is 10.0. The molecule has 6 heteroatoms. The van der Waals surface area contributed by atoms with Gasteiger partial charge in [0.25, 0.3) is 5.91 Å². The summed E-state index contributed by atoms with van der Waals surface area (Å²) in [6, 6.07) is 10.0. The minimum Gasteiger partial charge on any atom is -0.350 e. The molecule has 0 bridgehead atoms. The first kappa shape index (κ1) is 14.4. The fourth-order valence-electron chi connectivity index (χ4n) is 2.98. The second kappa shape index (κ2) is 5.19. The van der Waals surface area contributed by atoms with Crippen molar-refractivity contribution in [3.05, 3.63) is 59.1 Å². The van der Waals surface area contributed by atoms with Crippen LogP contribution in [0.4, 0.5) is 0 Å². The van der Waals surface area contributed by atoms with Crippen LogP contribution < -0.4 is 5.43 Å². The first-order valence-corrected chi connectivity index (χ1v) is 7.70. The lowest BCUT2D eigenvalue weighted by molar-refractivity contribution is -0.116. The number of hydrogen-bond acceptors (Lipinski definition) is 3. The maximum Gasteiger partial charge on any atom is 0.273 e. The van der Waals surface area contributed by atoms with E-state index in [1.807, 2.05) is 51.5 Å². The first-order chi connectivity index (χ1) is 11.5. The number of benzene rings is 1. The fraction of sp³-hybridized carbons (Fsp3) is 0.167. The van der Waals surface area contributed by atoms with Crippen molar-refractivity contribution in [1.29, 1.82) is 0 Å². The van der Waals surface area contributed by atoms with Crippen molar-refractivity contribution in [3.8, 4) is 0 Å². The minimum atomic E-state index is -0.207. The summed E-state index contributed by atoms with van der Waals surface area (Å²) in [6.45, 7) is 1.97. The zero-order valence-corrected chi connectivity index (χ0v) is 13.7. The Morgan fingerprint density at radius 2 is 2.00 bits per heavy atom. The monoisotopic (exact) mass is 319 g/mol. The second-order valence-electron chi connectivity index (χ2n) is 5.97. The third kappa shape index (κ3) is 2.15. The van der Waals surface area contributed by atoms with Crippen molar-refractivity contribution in [2.75, 3.05) is 0 Å². The van der Waals surface area contributed by atoms with Crippen LogP contribution in [-0.2, 0) is 18.9 Å². The molecule has 1 aliphatic rings. The van der Waals surface area contributed by atoms with Crippen molar-refractivity contribution in [1.82, 2.24) is 19.8 Å². The Morgan fingerprint density at radius 3 is 2.75 bits per heavy atom. The maximum absolute atomic E-state index is 12.3. The average molecular weight is 319 g/mol. The number of amides is 1. The molecule has 0 saturated carbocycles. The molecule has 3 heterocycles. The number of aromatic nitrogens is 3. The van der Waals surface area contributed by atoms with Crippen LogP contribution in [0.2, 0.25) is 0 Å². The van der Waals surface area contributed by atoms with E-state index in [-0.39, 0.29) is 5.91 Å². The van der Waals surface area contributed by atoms with E-state index in [0.717, 1.165) is 22.2 Å². The smallest absolute Gasteiger partial charge is 0.273 e. The van der Waals surface area contributed by atoms with E-state index in [2.05, 4.69) is 32.3 Å². The Bertz CT molecular complexity index is 1020. The molecule has 3 aromatic rings. The molecule has 1 amide bonds. The van der Waals surface area contributed by atoms with Crippen molar-refractivity contribution in [2.24, 2.45) is 19.2 Å². The van der Waals surface area contributed by atoms with Crippen LogP contribution in [-0.4, -0.2) is 26.0 Å². The number of fused-ring (bicyclic) bond motifs is 1. The molecule has 1 N–H and O–H groups in total. The molecular formula is C18H17N5O. The van der Waals surface area contributed by atoms with E-state index in [0.29, 0.717) is 17.0 Å². The van der Waals surface area contributed by atoms with E-state index < -0.39 is 0 Å². The molecule has 120 valence electrons. The van der Waals surface area contributed by atoms with Gasteiger partial charge in [-0.2, -0.15) is 10.2 Å². The summed E-state index contributed by atoms with van der Waals surface area (Å²) in [7, 11) is 3.87. The molecule has 1 aromatic carbocycles. The highest BCUT2D eigenvalue weighted by Gasteiger charge is 2.26. The van der Waals surface area contributed by atoms with Gasteiger partial charge in [-0.15, -0.1) is 0 Å². The molecule has 0 atom stereocenters. The molecule has 2 aromatic heterocycles. The SMILES string of the molecule is Cc1cc(C2=NNC(=O)/C2=C\c2cn(C)c3ccccc23)nn1C. The fourth-order valence-corrected chi connectivity index (χ4v) is 2.98. The third-order valence-corrected chi connectivity index (χ3v) is 4.35. The van der Waals surface area contributed by atoms with Gasteiger partial charge in [0.1, 0.15) is 11.4 Å². The Labute approximate surface area is 139 Å². The molecule has 0 fully saturated rings. The van der Waals surface area contributed by atoms with E-state index in [9.17, 15) is 4.79 Å². The summed E-state index contributed by atoms with van der Waals surface area (Å²) in [6.07, 6.45) is 3.90. The highest BCUT2D eigenvalue weighted by molar-refractivity contribution is 6.33. The van der Waals surface area contributed by atoms with Gasteiger partial charge < -0.3 is 4.57 Å². The lowest BCUT2D eigenvalue weighted by Crippen LogP contribution is -2.13. The summed E-state index contributed by atoms with van der Waals surface area (Å²) in [5.41, 5.74) is 7.47. The molecule has 6 nitrogen and oxygen atoms in total. The predicted molar refractivity (Wildman–Crippen MR) is 93.5 cm³/mol. The van der Waals surface area contributed by atoms with Crippen LogP contribution in [0.1, 0.15) is 17.0 Å². The van der Waals surface area contributed by atoms with E-state index in [1.165, 1.54) is 0 Å². The number of hydrazone groups is 1. The van der Waals surface area contributed by atoms with Gasteiger partial charge in [0, 0.05) is 42.5 Å². The Balaban J connectivity index is 1.85. The molecule has 1 aliphatic heterocycles. The Morgan fingerprint density at radius 1 is 1.21 bits per heavy atom. The quantitative estimate of drug-likeness (QED) is 0.736. The standard InChI is InChI=1S/C18H17N5O/c1-11-8-15(21-23(11)3)17-14(18(24)20-19-17)9-12-10-22(2)16-7-5-4-6-13(12)16/h4-10H,1-3H3,(H,20,24)/b14-9-. The number of nitrogens with zero attached hydrogens (tertiary/aromatic N) is 4. The molecule has 4 rings (SSSR count). The topological polar surface area (TPSA) is 64.2 Å². The van der Waals surface area contributed by atoms with Crippen LogP contribution in [0.3, 0.4) is 0 Å². The zero-order valence-electron chi connectivity index (χ0n) is 13.7. The van der Waals surface area contributed by atoms with Gasteiger partial charge in [-0.05, 0) is 25.1 Å². The lowest BCUT2D eigenvalue weighted by Gasteiger charge is -1.98.